The van der Waals surface area contributed by atoms with Crippen molar-refractivity contribution >= 4 is 21.6 Å². The van der Waals surface area contributed by atoms with Crippen molar-refractivity contribution in [3.05, 3.63) is 95.6 Å². The SMILES string of the molecule is C[C@@H](NC(=O)Nc1ccc(S(=O)(=O)Cc2ccc(C3CCCN3)cc2)cc1)c1ccccc1. The van der Waals surface area contributed by atoms with Gasteiger partial charge >= 0.3 is 6.03 Å². The highest BCUT2D eigenvalue weighted by molar-refractivity contribution is 7.90. The maximum atomic E-state index is 12.9. The first-order valence-electron chi connectivity index (χ1n) is 11.2. The van der Waals surface area contributed by atoms with Gasteiger partial charge in [0.25, 0.3) is 0 Å². The number of carbonyl (C=O) groups is 1. The van der Waals surface area contributed by atoms with E-state index in [1.54, 1.807) is 12.1 Å². The lowest BCUT2D eigenvalue weighted by molar-refractivity contribution is 0.249. The first-order valence-corrected chi connectivity index (χ1v) is 12.8. The highest BCUT2D eigenvalue weighted by Gasteiger charge is 2.18. The maximum absolute atomic E-state index is 12.9. The van der Waals surface area contributed by atoms with Gasteiger partial charge in [0.1, 0.15) is 0 Å². The Morgan fingerprint density at radius 1 is 1.00 bits per heavy atom. The van der Waals surface area contributed by atoms with E-state index in [2.05, 4.69) is 16.0 Å². The number of hydrogen-bond donors (Lipinski definition) is 3. The summed E-state index contributed by atoms with van der Waals surface area (Å²) >= 11 is 0. The van der Waals surface area contributed by atoms with Crippen molar-refractivity contribution < 1.29 is 13.2 Å². The molecule has 1 unspecified atom stereocenters. The molecule has 0 aromatic heterocycles. The minimum atomic E-state index is -3.49. The third-order valence-electron chi connectivity index (χ3n) is 5.92. The third kappa shape index (κ3) is 6.00. The molecular formula is C26H29N3O3S. The second-order valence-corrected chi connectivity index (χ2v) is 10.4. The van der Waals surface area contributed by atoms with Crippen LogP contribution in [0.5, 0.6) is 0 Å². The molecule has 0 bridgehead atoms. The minimum absolute atomic E-state index is 0.0623. The van der Waals surface area contributed by atoms with Crippen LogP contribution in [0.1, 0.15) is 48.5 Å². The van der Waals surface area contributed by atoms with Gasteiger partial charge < -0.3 is 16.0 Å². The zero-order valence-corrected chi connectivity index (χ0v) is 19.4. The molecule has 0 aliphatic carbocycles. The number of anilines is 1. The van der Waals surface area contributed by atoms with Crippen LogP contribution in [0.15, 0.2) is 83.8 Å². The van der Waals surface area contributed by atoms with Gasteiger partial charge in [-0.05, 0) is 67.3 Å². The Morgan fingerprint density at radius 3 is 2.33 bits per heavy atom. The van der Waals surface area contributed by atoms with Gasteiger partial charge in [-0.15, -0.1) is 0 Å². The normalized spacial score (nSPS) is 16.8. The molecule has 2 amide bonds. The molecule has 1 saturated heterocycles. The van der Waals surface area contributed by atoms with Crippen LogP contribution in [-0.2, 0) is 15.6 Å². The quantitative estimate of drug-likeness (QED) is 0.462. The van der Waals surface area contributed by atoms with Gasteiger partial charge in [-0.3, -0.25) is 0 Å². The van der Waals surface area contributed by atoms with Gasteiger partial charge in [0.2, 0.25) is 0 Å². The highest BCUT2D eigenvalue weighted by Crippen LogP contribution is 2.25. The van der Waals surface area contributed by atoms with Crippen molar-refractivity contribution in [3.8, 4) is 0 Å². The highest BCUT2D eigenvalue weighted by atomic mass is 32.2. The van der Waals surface area contributed by atoms with Gasteiger partial charge in [-0.2, -0.15) is 0 Å². The fourth-order valence-electron chi connectivity index (χ4n) is 4.05. The molecular weight excluding hydrogens is 434 g/mol. The molecule has 7 heteroatoms. The maximum Gasteiger partial charge on any atom is 0.319 e. The second kappa shape index (κ2) is 10.2. The third-order valence-corrected chi connectivity index (χ3v) is 7.62. The summed E-state index contributed by atoms with van der Waals surface area (Å²) in [6.07, 6.45) is 2.28. The van der Waals surface area contributed by atoms with Crippen molar-refractivity contribution in [2.75, 3.05) is 11.9 Å². The van der Waals surface area contributed by atoms with Crippen LogP contribution < -0.4 is 16.0 Å². The average molecular weight is 464 g/mol. The molecule has 3 N–H and O–H groups in total. The van der Waals surface area contributed by atoms with Gasteiger partial charge in [0.15, 0.2) is 9.84 Å². The van der Waals surface area contributed by atoms with Crippen LogP contribution in [0, 0.1) is 0 Å². The van der Waals surface area contributed by atoms with Crippen molar-refractivity contribution in [1.29, 1.82) is 0 Å². The number of urea groups is 1. The fraction of sp³-hybridized carbons (Fsp3) is 0.269. The molecule has 3 aromatic rings. The standard InChI is InChI=1S/C26H29N3O3S/c1-19(21-6-3-2-4-7-21)28-26(30)29-23-13-15-24(16-14-23)33(31,32)18-20-9-11-22(12-10-20)25-8-5-17-27-25/h2-4,6-7,9-16,19,25,27H,5,8,17-18H2,1H3,(H2,28,29,30)/t19-,25?/m1/s1. The molecule has 1 heterocycles. The lowest BCUT2D eigenvalue weighted by Gasteiger charge is -2.15. The van der Waals surface area contributed by atoms with E-state index < -0.39 is 9.84 Å². The van der Waals surface area contributed by atoms with E-state index in [0.29, 0.717) is 11.7 Å². The summed E-state index contributed by atoms with van der Waals surface area (Å²) in [4.78, 5) is 12.5. The predicted octanol–water partition coefficient (Wildman–Crippen LogP) is 4.97. The van der Waals surface area contributed by atoms with E-state index in [0.717, 1.165) is 24.1 Å². The van der Waals surface area contributed by atoms with Crippen LogP contribution in [0.3, 0.4) is 0 Å². The molecule has 0 radical (unpaired) electrons. The van der Waals surface area contributed by atoms with Crippen molar-refractivity contribution in [1.82, 2.24) is 10.6 Å². The van der Waals surface area contributed by atoms with E-state index in [1.807, 2.05) is 61.5 Å². The van der Waals surface area contributed by atoms with Gasteiger partial charge in [0, 0.05) is 11.7 Å². The van der Waals surface area contributed by atoms with Crippen LogP contribution >= 0.6 is 0 Å². The van der Waals surface area contributed by atoms with Crippen molar-refractivity contribution in [2.45, 2.75) is 42.5 Å². The summed E-state index contributed by atoms with van der Waals surface area (Å²) in [5.41, 5.74) is 3.49. The molecule has 33 heavy (non-hydrogen) atoms. The smallest absolute Gasteiger partial charge is 0.319 e. The topological polar surface area (TPSA) is 87.3 Å². The number of rotatable bonds is 7. The molecule has 6 nitrogen and oxygen atoms in total. The Hall–Kier alpha value is -3.16. The first-order chi connectivity index (χ1) is 15.9. The largest absolute Gasteiger partial charge is 0.331 e. The van der Waals surface area contributed by atoms with E-state index in [4.69, 9.17) is 0 Å². The Kier molecular flexibility index (Phi) is 7.11. The lowest BCUT2D eigenvalue weighted by atomic mass is 10.0. The number of nitrogens with one attached hydrogen (secondary N) is 3. The summed E-state index contributed by atoms with van der Waals surface area (Å²) in [5, 5.41) is 9.08. The number of sulfone groups is 1. The Labute approximate surface area is 195 Å². The molecule has 1 fully saturated rings. The summed E-state index contributed by atoms with van der Waals surface area (Å²) in [5.74, 6) is -0.0623. The van der Waals surface area contributed by atoms with Crippen LogP contribution in [-0.4, -0.2) is 21.0 Å². The second-order valence-electron chi connectivity index (χ2n) is 8.40. The number of hydrogen-bond acceptors (Lipinski definition) is 4. The summed E-state index contributed by atoms with van der Waals surface area (Å²) < 4.78 is 25.7. The first kappa shape index (κ1) is 23.0. The Balaban J connectivity index is 1.35. The monoisotopic (exact) mass is 463 g/mol. The average Bonchev–Trinajstić information content (AvgIpc) is 3.35. The van der Waals surface area contributed by atoms with E-state index in [1.165, 1.54) is 24.1 Å². The molecule has 1 aliphatic heterocycles. The van der Waals surface area contributed by atoms with Crippen LogP contribution in [0.2, 0.25) is 0 Å². The molecule has 172 valence electrons. The molecule has 3 aromatic carbocycles. The molecule has 4 rings (SSSR count). The van der Waals surface area contributed by atoms with Gasteiger partial charge in [-0.25, -0.2) is 13.2 Å². The van der Waals surface area contributed by atoms with Crippen LogP contribution in [0.4, 0.5) is 10.5 Å². The Bertz CT molecular complexity index is 1170. The summed E-state index contributed by atoms with van der Waals surface area (Å²) in [7, 11) is -3.49. The predicted molar refractivity (Wildman–Crippen MR) is 131 cm³/mol. The van der Waals surface area contributed by atoms with E-state index in [-0.39, 0.29) is 22.7 Å². The number of carbonyl (C=O) groups excluding carboxylic acids is 1. The number of benzene rings is 3. The molecule has 0 spiro atoms. The van der Waals surface area contributed by atoms with Gasteiger partial charge in [-0.1, -0.05) is 54.6 Å². The molecule has 0 saturated carbocycles. The van der Waals surface area contributed by atoms with Crippen molar-refractivity contribution in [2.24, 2.45) is 0 Å². The zero-order chi connectivity index (χ0) is 23.3. The molecule has 2 atom stereocenters. The van der Waals surface area contributed by atoms with Crippen molar-refractivity contribution in [3.63, 3.8) is 0 Å². The van der Waals surface area contributed by atoms with E-state index >= 15 is 0 Å². The van der Waals surface area contributed by atoms with E-state index in [9.17, 15) is 13.2 Å². The summed E-state index contributed by atoms with van der Waals surface area (Å²) in [6, 6.07) is 23.6. The zero-order valence-electron chi connectivity index (χ0n) is 18.6. The van der Waals surface area contributed by atoms with Gasteiger partial charge in [0.05, 0.1) is 16.7 Å². The fourth-order valence-corrected chi connectivity index (χ4v) is 5.40. The van der Waals surface area contributed by atoms with Crippen LogP contribution in [0.25, 0.3) is 0 Å². The lowest BCUT2D eigenvalue weighted by Crippen LogP contribution is -2.31. The molecule has 1 aliphatic rings. The minimum Gasteiger partial charge on any atom is -0.331 e. The number of amides is 2. The Morgan fingerprint density at radius 2 is 1.70 bits per heavy atom. The summed E-state index contributed by atoms with van der Waals surface area (Å²) in [6.45, 7) is 2.93.